The molecule has 6 aromatic rings. The van der Waals surface area contributed by atoms with Gasteiger partial charge < -0.3 is 4.42 Å². The van der Waals surface area contributed by atoms with Crippen molar-refractivity contribution < 1.29 is 4.42 Å². The fourth-order valence-electron chi connectivity index (χ4n) is 4.96. The van der Waals surface area contributed by atoms with Crippen LogP contribution in [0.1, 0.15) is 23.6 Å². The highest BCUT2D eigenvalue weighted by Gasteiger charge is 2.14. The molecule has 0 aliphatic rings. The van der Waals surface area contributed by atoms with E-state index in [4.69, 9.17) is 4.42 Å². The molecule has 5 aromatic carbocycles. The van der Waals surface area contributed by atoms with Crippen molar-refractivity contribution in [1.29, 1.82) is 0 Å². The maximum absolute atomic E-state index is 6.14. The summed E-state index contributed by atoms with van der Waals surface area (Å²) in [5.41, 5.74) is 6.04. The zero-order valence-corrected chi connectivity index (χ0v) is 17.0. The minimum atomic E-state index is 0.887. The highest BCUT2D eigenvalue weighted by atomic mass is 16.3. The summed E-state index contributed by atoms with van der Waals surface area (Å²) in [7, 11) is 0. The molecule has 1 aromatic heterocycles. The molecule has 1 heteroatoms. The van der Waals surface area contributed by atoms with E-state index in [0.717, 1.165) is 24.0 Å². The molecule has 1 heterocycles. The summed E-state index contributed by atoms with van der Waals surface area (Å²) in [5, 5.41) is 7.83. The SMILES string of the molecule is CCc1c2ccccc2c(Cc2ccc3c(c2)oc2ccccc23)c2ccccc12. The molecule has 0 aliphatic heterocycles. The smallest absolute Gasteiger partial charge is 0.135 e. The molecule has 0 amide bonds. The zero-order chi connectivity index (χ0) is 20.1. The second-order valence-corrected chi connectivity index (χ2v) is 8.01. The Bertz CT molecular complexity index is 1490. The molecule has 0 spiro atoms. The van der Waals surface area contributed by atoms with Crippen LogP contribution in [0.3, 0.4) is 0 Å². The summed E-state index contributed by atoms with van der Waals surface area (Å²) in [5.74, 6) is 0. The maximum Gasteiger partial charge on any atom is 0.135 e. The average molecular weight is 386 g/mol. The number of furan rings is 1. The Labute approximate surface area is 175 Å². The molecule has 0 radical (unpaired) electrons. The molecule has 0 aliphatic carbocycles. The Hall–Kier alpha value is -3.58. The second-order valence-electron chi connectivity index (χ2n) is 8.01. The van der Waals surface area contributed by atoms with E-state index in [1.807, 2.05) is 12.1 Å². The van der Waals surface area contributed by atoms with E-state index in [2.05, 4.69) is 85.8 Å². The lowest BCUT2D eigenvalue weighted by Crippen LogP contribution is -1.96. The van der Waals surface area contributed by atoms with Gasteiger partial charge in [-0.15, -0.1) is 0 Å². The third-order valence-electron chi connectivity index (χ3n) is 6.33. The molecule has 0 saturated heterocycles. The topological polar surface area (TPSA) is 13.1 Å². The van der Waals surface area contributed by atoms with Crippen LogP contribution in [-0.2, 0) is 12.8 Å². The number of aryl methyl sites for hydroxylation is 1. The first-order chi connectivity index (χ1) is 14.8. The molecular formula is C29H22O. The quantitative estimate of drug-likeness (QED) is 0.280. The van der Waals surface area contributed by atoms with Crippen LogP contribution in [0.5, 0.6) is 0 Å². The summed E-state index contributed by atoms with van der Waals surface area (Å²) in [6.07, 6.45) is 1.92. The van der Waals surface area contributed by atoms with Gasteiger partial charge in [-0.1, -0.05) is 85.8 Å². The number of benzene rings is 5. The molecule has 0 unspecified atom stereocenters. The highest BCUT2D eigenvalue weighted by molar-refractivity contribution is 6.07. The Morgan fingerprint density at radius 2 is 1.07 bits per heavy atom. The van der Waals surface area contributed by atoms with Gasteiger partial charge in [-0.3, -0.25) is 0 Å². The molecule has 0 N–H and O–H groups in total. The van der Waals surface area contributed by atoms with Crippen molar-refractivity contribution in [1.82, 2.24) is 0 Å². The Morgan fingerprint density at radius 3 is 1.70 bits per heavy atom. The van der Waals surface area contributed by atoms with Gasteiger partial charge >= 0.3 is 0 Å². The monoisotopic (exact) mass is 386 g/mol. The van der Waals surface area contributed by atoms with Crippen molar-refractivity contribution in [3.8, 4) is 0 Å². The number of hydrogen-bond acceptors (Lipinski definition) is 1. The van der Waals surface area contributed by atoms with E-state index >= 15 is 0 Å². The van der Waals surface area contributed by atoms with E-state index in [1.54, 1.807) is 0 Å². The fourth-order valence-corrected chi connectivity index (χ4v) is 4.96. The van der Waals surface area contributed by atoms with Gasteiger partial charge in [0.15, 0.2) is 0 Å². The van der Waals surface area contributed by atoms with E-state index in [9.17, 15) is 0 Å². The van der Waals surface area contributed by atoms with Gasteiger partial charge in [-0.05, 0) is 63.2 Å². The van der Waals surface area contributed by atoms with Gasteiger partial charge in [0, 0.05) is 10.8 Å². The van der Waals surface area contributed by atoms with E-state index in [1.165, 1.54) is 49.0 Å². The minimum absolute atomic E-state index is 0.887. The summed E-state index contributed by atoms with van der Waals surface area (Å²) in [6.45, 7) is 2.25. The van der Waals surface area contributed by atoms with Gasteiger partial charge in [-0.25, -0.2) is 0 Å². The summed E-state index contributed by atoms with van der Waals surface area (Å²) < 4.78 is 6.14. The van der Waals surface area contributed by atoms with Crippen molar-refractivity contribution in [2.24, 2.45) is 0 Å². The lowest BCUT2D eigenvalue weighted by molar-refractivity contribution is 0.668. The molecule has 30 heavy (non-hydrogen) atoms. The number of rotatable bonds is 3. The molecule has 0 atom stereocenters. The van der Waals surface area contributed by atoms with E-state index in [-0.39, 0.29) is 0 Å². The molecule has 0 bridgehead atoms. The molecule has 0 saturated carbocycles. The van der Waals surface area contributed by atoms with E-state index < -0.39 is 0 Å². The van der Waals surface area contributed by atoms with Gasteiger partial charge in [-0.2, -0.15) is 0 Å². The van der Waals surface area contributed by atoms with Crippen LogP contribution in [0.4, 0.5) is 0 Å². The lowest BCUT2D eigenvalue weighted by atomic mass is 9.88. The predicted molar refractivity (Wildman–Crippen MR) is 127 cm³/mol. The normalized spacial score (nSPS) is 11.8. The molecule has 0 fully saturated rings. The van der Waals surface area contributed by atoms with Crippen LogP contribution >= 0.6 is 0 Å². The first-order valence-electron chi connectivity index (χ1n) is 10.6. The van der Waals surface area contributed by atoms with Crippen molar-refractivity contribution in [2.45, 2.75) is 19.8 Å². The minimum Gasteiger partial charge on any atom is -0.456 e. The average Bonchev–Trinajstić information content (AvgIpc) is 3.17. The zero-order valence-electron chi connectivity index (χ0n) is 17.0. The number of hydrogen-bond donors (Lipinski definition) is 0. The van der Waals surface area contributed by atoms with E-state index in [0.29, 0.717) is 0 Å². The van der Waals surface area contributed by atoms with Crippen molar-refractivity contribution in [3.63, 3.8) is 0 Å². The third-order valence-corrected chi connectivity index (χ3v) is 6.33. The number of fused-ring (bicyclic) bond motifs is 5. The first-order valence-corrected chi connectivity index (χ1v) is 10.6. The van der Waals surface area contributed by atoms with Crippen molar-refractivity contribution in [2.75, 3.05) is 0 Å². The Morgan fingerprint density at radius 1 is 0.533 bits per heavy atom. The molecular weight excluding hydrogens is 364 g/mol. The highest BCUT2D eigenvalue weighted by Crippen LogP contribution is 2.36. The van der Waals surface area contributed by atoms with Gasteiger partial charge in [0.1, 0.15) is 11.2 Å². The predicted octanol–water partition coefficient (Wildman–Crippen LogP) is 8.05. The van der Waals surface area contributed by atoms with Crippen LogP contribution in [0, 0.1) is 0 Å². The van der Waals surface area contributed by atoms with Crippen LogP contribution < -0.4 is 0 Å². The van der Waals surface area contributed by atoms with Gasteiger partial charge in [0.05, 0.1) is 0 Å². The third kappa shape index (κ3) is 2.55. The van der Waals surface area contributed by atoms with Crippen LogP contribution in [0.15, 0.2) is 95.4 Å². The van der Waals surface area contributed by atoms with Crippen LogP contribution in [-0.4, -0.2) is 0 Å². The van der Waals surface area contributed by atoms with Crippen molar-refractivity contribution >= 4 is 43.5 Å². The van der Waals surface area contributed by atoms with Gasteiger partial charge in [0.25, 0.3) is 0 Å². The molecule has 144 valence electrons. The van der Waals surface area contributed by atoms with Crippen molar-refractivity contribution in [3.05, 3.63) is 108 Å². The van der Waals surface area contributed by atoms with Crippen LogP contribution in [0.25, 0.3) is 43.5 Å². The lowest BCUT2D eigenvalue weighted by Gasteiger charge is -2.16. The first kappa shape index (κ1) is 17.3. The summed E-state index contributed by atoms with van der Waals surface area (Å²) in [4.78, 5) is 0. The summed E-state index contributed by atoms with van der Waals surface area (Å²) in [6, 6.07) is 32.6. The van der Waals surface area contributed by atoms with Crippen LogP contribution in [0.2, 0.25) is 0 Å². The second kappa shape index (κ2) is 6.74. The molecule has 1 nitrogen and oxygen atoms in total. The Balaban J connectivity index is 1.58. The molecule has 6 rings (SSSR count). The van der Waals surface area contributed by atoms with Gasteiger partial charge in [0.2, 0.25) is 0 Å². The summed E-state index contributed by atoms with van der Waals surface area (Å²) >= 11 is 0. The standard InChI is InChI=1S/C29H22O/c1-2-20-21-9-3-5-11-23(21)27(24-12-6-4-10-22(20)24)17-19-15-16-26-25-13-7-8-14-28(25)30-29(26)18-19/h3-16,18H,2,17H2,1H3. The maximum atomic E-state index is 6.14. The Kier molecular flexibility index (Phi) is 3.89. The number of para-hydroxylation sites is 1. The fraction of sp³-hybridized carbons (Fsp3) is 0.103. The largest absolute Gasteiger partial charge is 0.456 e.